The Morgan fingerprint density at radius 1 is 1.21 bits per heavy atom. The van der Waals surface area contributed by atoms with Crippen molar-refractivity contribution < 1.29 is 17.9 Å². The molecule has 0 unspecified atom stereocenters. The van der Waals surface area contributed by atoms with Crippen LogP contribution < -0.4 is 14.8 Å². The SMILES string of the molecule is COc1ccc(Cl)cc1S(=O)(=O)Nc1ccc2c(c1)C(=O)NCC2. The molecule has 0 atom stereocenters. The number of fused-ring (bicyclic) bond motifs is 1. The van der Waals surface area contributed by atoms with Crippen molar-refractivity contribution in [2.24, 2.45) is 0 Å². The number of hydrogen-bond acceptors (Lipinski definition) is 4. The summed E-state index contributed by atoms with van der Waals surface area (Å²) in [6.07, 6.45) is 0.718. The molecule has 2 N–H and O–H groups in total. The fraction of sp³-hybridized carbons (Fsp3) is 0.188. The van der Waals surface area contributed by atoms with Crippen LogP contribution in [0.5, 0.6) is 5.75 Å². The summed E-state index contributed by atoms with van der Waals surface area (Å²) in [5, 5.41) is 3.01. The molecule has 0 aromatic heterocycles. The molecule has 0 bridgehead atoms. The van der Waals surface area contributed by atoms with Gasteiger partial charge in [-0.2, -0.15) is 0 Å². The molecule has 0 aliphatic carbocycles. The maximum atomic E-state index is 12.6. The first-order valence-corrected chi connectivity index (χ1v) is 9.04. The fourth-order valence-corrected chi connectivity index (χ4v) is 4.03. The summed E-state index contributed by atoms with van der Waals surface area (Å²) in [4.78, 5) is 11.8. The van der Waals surface area contributed by atoms with Crippen molar-refractivity contribution in [1.82, 2.24) is 5.32 Å². The van der Waals surface area contributed by atoms with Crippen molar-refractivity contribution in [1.29, 1.82) is 0 Å². The highest BCUT2D eigenvalue weighted by Gasteiger charge is 2.22. The predicted octanol–water partition coefficient (Wildman–Crippen LogP) is 2.44. The summed E-state index contributed by atoms with van der Waals surface area (Å²) in [5.74, 6) is -0.0276. The van der Waals surface area contributed by atoms with E-state index in [1.807, 2.05) is 0 Å². The second kappa shape index (κ2) is 6.33. The van der Waals surface area contributed by atoms with E-state index < -0.39 is 10.0 Å². The van der Waals surface area contributed by atoms with Gasteiger partial charge in [-0.05, 0) is 42.3 Å². The maximum Gasteiger partial charge on any atom is 0.265 e. The Bertz CT molecular complexity index is 912. The highest BCUT2D eigenvalue weighted by Crippen LogP contribution is 2.29. The van der Waals surface area contributed by atoms with Crippen LogP contribution in [0.3, 0.4) is 0 Å². The molecule has 6 nitrogen and oxygen atoms in total. The first-order valence-electron chi connectivity index (χ1n) is 7.18. The predicted molar refractivity (Wildman–Crippen MR) is 91.3 cm³/mol. The third kappa shape index (κ3) is 3.18. The summed E-state index contributed by atoms with van der Waals surface area (Å²) >= 11 is 5.90. The van der Waals surface area contributed by atoms with Gasteiger partial charge in [-0.15, -0.1) is 0 Å². The minimum Gasteiger partial charge on any atom is -0.495 e. The molecular weight excluding hydrogens is 352 g/mol. The molecule has 1 aliphatic heterocycles. The summed E-state index contributed by atoms with van der Waals surface area (Å²) in [5.41, 5.74) is 1.66. The number of rotatable bonds is 4. The molecule has 1 amide bonds. The Morgan fingerprint density at radius 3 is 2.75 bits per heavy atom. The second-order valence-electron chi connectivity index (χ2n) is 5.28. The third-order valence-corrected chi connectivity index (χ3v) is 5.34. The Kier molecular flexibility index (Phi) is 4.38. The molecule has 0 saturated carbocycles. The first kappa shape index (κ1) is 16.6. The minimum atomic E-state index is -3.91. The number of nitrogens with one attached hydrogen (secondary N) is 2. The van der Waals surface area contributed by atoms with Crippen LogP contribution >= 0.6 is 11.6 Å². The van der Waals surface area contributed by atoms with E-state index in [2.05, 4.69) is 10.0 Å². The van der Waals surface area contributed by atoms with Crippen LogP contribution in [0.1, 0.15) is 15.9 Å². The molecule has 3 rings (SSSR count). The molecule has 24 heavy (non-hydrogen) atoms. The lowest BCUT2D eigenvalue weighted by Crippen LogP contribution is -2.31. The molecule has 0 radical (unpaired) electrons. The standard InChI is InChI=1S/C16H15ClN2O4S/c1-23-14-5-3-11(17)8-15(14)24(21,22)19-12-4-2-10-6-7-18-16(20)13(10)9-12/h2-5,8-9,19H,6-7H2,1H3,(H,18,20). The topological polar surface area (TPSA) is 84.5 Å². The van der Waals surface area contributed by atoms with Crippen LogP contribution in [0, 0.1) is 0 Å². The van der Waals surface area contributed by atoms with Gasteiger partial charge < -0.3 is 10.1 Å². The summed E-state index contributed by atoms with van der Waals surface area (Å²) in [6, 6.07) is 9.25. The number of sulfonamides is 1. The van der Waals surface area contributed by atoms with Crippen molar-refractivity contribution >= 4 is 33.2 Å². The number of anilines is 1. The number of hydrogen-bond donors (Lipinski definition) is 2. The molecule has 0 spiro atoms. The lowest BCUT2D eigenvalue weighted by atomic mass is 10.00. The number of methoxy groups -OCH3 is 1. The number of carbonyl (C=O) groups excluding carboxylic acids is 1. The lowest BCUT2D eigenvalue weighted by molar-refractivity contribution is 0.0946. The van der Waals surface area contributed by atoms with E-state index >= 15 is 0 Å². The zero-order valence-electron chi connectivity index (χ0n) is 12.8. The average Bonchev–Trinajstić information content (AvgIpc) is 2.55. The van der Waals surface area contributed by atoms with Crippen LogP contribution in [0.15, 0.2) is 41.3 Å². The van der Waals surface area contributed by atoms with Crippen LogP contribution in [-0.2, 0) is 16.4 Å². The van der Waals surface area contributed by atoms with Gasteiger partial charge in [0.1, 0.15) is 10.6 Å². The van der Waals surface area contributed by atoms with E-state index in [-0.39, 0.29) is 21.6 Å². The van der Waals surface area contributed by atoms with Crippen molar-refractivity contribution in [3.8, 4) is 5.75 Å². The van der Waals surface area contributed by atoms with Crippen molar-refractivity contribution in [2.75, 3.05) is 18.4 Å². The summed E-state index contributed by atoms with van der Waals surface area (Å²) < 4.78 is 32.8. The van der Waals surface area contributed by atoms with Gasteiger partial charge in [-0.3, -0.25) is 9.52 Å². The maximum absolute atomic E-state index is 12.6. The molecule has 126 valence electrons. The normalized spacial score (nSPS) is 13.8. The monoisotopic (exact) mass is 366 g/mol. The molecule has 1 heterocycles. The molecule has 1 aliphatic rings. The van der Waals surface area contributed by atoms with Gasteiger partial charge in [0.25, 0.3) is 15.9 Å². The molecule has 2 aromatic carbocycles. The van der Waals surface area contributed by atoms with Gasteiger partial charge in [-0.25, -0.2) is 8.42 Å². The van der Waals surface area contributed by atoms with E-state index in [9.17, 15) is 13.2 Å². The van der Waals surface area contributed by atoms with Gasteiger partial charge in [0, 0.05) is 22.8 Å². The van der Waals surface area contributed by atoms with Gasteiger partial charge in [0.05, 0.1) is 7.11 Å². The first-order chi connectivity index (χ1) is 11.4. The number of carbonyl (C=O) groups is 1. The highest BCUT2D eigenvalue weighted by molar-refractivity contribution is 7.92. The van der Waals surface area contributed by atoms with Gasteiger partial charge in [0.15, 0.2) is 0 Å². The van der Waals surface area contributed by atoms with Crippen LogP contribution in [0.25, 0.3) is 0 Å². The van der Waals surface area contributed by atoms with Crippen molar-refractivity contribution in [3.63, 3.8) is 0 Å². The molecule has 0 saturated heterocycles. The summed E-state index contributed by atoms with van der Waals surface area (Å²) in [6.45, 7) is 0.580. The number of benzene rings is 2. The largest absolute Gasteiger partial charge is 0.495 e. The van der Waals surface area contributed by atoms with Crippen molar-refractivity contribution in [2.45, 2.75) is 11.3 Å². The van der Waals surface area contributed by atoms with E-state index in [4.69, 9.17) is 16.3 Å². The van der Waals surface area contributed by atoms with Gasteiger partial charge >= 0.3 is 0 Å². The quantitative estimate of drug-likeness (QED) is 0.870. The number of ether oxygens (including phenoxy) is 1. The zero-order valence-corrected chi connectivity index (χ0v) is 14.4. The van der Waals surface area contributed by atoms with Crippen LogP contribution in [0.2, 0.25) is 5.02 Å². The molecule has 0 fully saturated rings. The van der Waals surface area contributed by atoms with E-state index in [0.29, 0.717) is 17.8 Å². The van der Waals surface area contributed by atoms with Crippen molar-refractivity contribution in [3.05, 3.63) is 52.5 Å². The number of amides is 1. The van der Waals surface area contributed by atoms with E-state index in [1.165, 1.54) is 25.3 Å². The Balaban J connectivity index is 1.97. The Labute approximate surface area is 144 Å². The fourth-order valence-electron chi connectivity index (χ4n) is 2.55. The zero-order chi connectivity index (χ0) is 17.3. The van der Waals surface area contributed by atoms with E-state index in [1.54, 1.807) is 18.2 Å². The second-order valence-corrected chi connectivity index (χ2v) is 7.37. The average molecular weight is 367 g/mol. The smallest absolute Gasteiger partial charge is 0.265 e. The minimum absolute atomic E-state index is 0.0697. The van der Waals surface area contributed by atoms with E-state index in [0.717, 1.165) is 12.0 Å². The Hall–Kier alpha value is -2.25. The van der Waals surface area contributed by atoms with Crippen LogP contribution in [0.4, 0.5) is 5.69 Å². The molecule has 8 heteroatoms. The Morgan fingerprint density at radius 2 is 2.00 bits per heavy atom. The number of halogens is 1. The third-order valence-electron chi connectivity index (χ3n) is 3.70. The highest BCUT2D eigenvalue weighted by atomic mass is 35.5. The van der Waals surface area contributed by atoms with Crippen LogP contribution in [-0.4, -0.2) is 28.0 Å². The molecule has 2 aromatic rings. The summed E-state index contributed by atoms with van der Waals surface area (Å²) in [7, 11) is -2.53. The van der Waals surface area contributed by atoms with Gasteiger partial charge in [0.2, 0.25) is 0 Å². The lowest BCUT2D eigenvalue weighted by Gasteiger charge is -2.18. The molecular formula is C16H15ClN2O4S. The van der Waals surface area contributed by atoms with Gasteiger partial charge in [-0.1, -0.05) is 17.7 Å².